The van der Waals surface area contributed by atoms with Crippen LogP contribution in [-0.2, 0) is 20.8 Å². The molecule has 0 aliphatic carbocycles. The van der Waals surface area contributed by atoms with Crippen LogP contribution in [0.4, 0.5) is 0 Å². The molecule has 2 aromatic rings. The highest BCUT2D eigenvalue weighted by Gasteiger charge is 2.25. The van der Waals surface area contributed by atoms with E-state index in [0.29, 0.717) is 25.8 Å². The summed E-state index contributed by atoms with van der Waals surface area (Å²) in [7, 11) is 0. The van der Waals surface area contributed by atoms with Gasteiger partial charge in [0.25, 0.3) is 0 Å². The Morgan fingerprint density at radius 2 is 1.76 bits per heavy atom. The highest BCUT2D eigenvalue weighted by molar-refractivity contribution is 5.92. The maximum absolute atomic E-state index is 12.8. The van der Waals surface area contributed by atoms with Crippen LogP contribution in [-0.4, -0.2) is 54.4 Å². The first-order valence-electron chi connectivity index (χ1n) is 10.2. The standard InChI is InChI=1S/C21H29N5O3/c1-14-20(28)26-18(12-15-13-24-17-7-3-2-6-16(15)17)21(29)23-11-5-10-22-9-4-8-19(27)25-14/h2-3,6-7,13-14,18,22,24H,4-5,8-12H2,1H3,(H,23,29)(H,25,27)(H,26,28)/t14-,18+/m0/s1. The zero-order chi connectivity index (χ0) is 20.6. The summed E-state index contributed by atoms with van der Waals surface area (Å²) in [4.78, 5) is 40.6. The first-order chi connectivity index (χ1) is 14.0. The Morgan fingerprint density at radius 1 is 0.966 bits per heavy atom. The number of H-pyrrole nitrogens is 1. The van der Waals surface area contributed by atoms with Gasteiger partial charge in [-0.2, -0.15) is 0 Å². The molecule has 3 rings (SSSR count). The molecule has 0 radical (unpaired) electrons. The minimum absolute atomic E-state index is 0.165. The Kier molecular flexibility index (Phi) is 7.24. The van der Waals surface area contributed by atoms with Crippen molar-refractivity contribution in [1.82, 2.24) is 26.3 Å². The smallest absolute Gasteiger partial charge is 0.242 e. The molecule has 0 spiro atoms. The third-order valence-corrected chi connectivity index (χ3v) is 5.09. The maximum atomic E-state index is 12.8. The number of aromatic nitrogens is 1. The van der Waals surface area contributed by atoms with E-state index in [1.54, 1.807) is 6.92 Å². The lowest BCUT2D eigenvalue weighted by Crippen LogP contribution is -2.53. The van der Waals surface area contributed by atoms with Crippen molar-refractivity contribution in [2.24, 2.45) is 0 Å². The van der Waals surface area contributed by atoms with Crippen molar-refractivity contribution >= 4 is 28.6 Å². The zero-order valence-corrected chi connectivity index (χ0v) is 16.7. The number of aromatic amines is 1. The molecule has 1 aromatic heterocycles. The Bertz CT molecular complexity index is 863. The van der Waals surface area contributed by atoms with Crippen molar-refractivity contribution in [3.63, 3.8) is 0 Å². The molecule has 8 heteroatoms. The van der Waals surface area contributed by atoms with E-state index in [1.165, 1.54) is 0 Å². The van der Waals surface area contributed by atoms with Crippen molar-refractivity contribution in [3.05, 3.63) is 36.0 Å². The molecule has 156 valence electrons. The minimum atomic E-state index is -0.723. The number of carbonyl (C=O) groups excluding carboxylic acids is 3. The van der Waals surface area contributed by atoms with Crippen molar-refractivity contribution < 1.29 is 14.4 Å². The van der Waals surface area contributed by atoms with E-state index in [0.717, 1.165) is 36.0 Å². The van der Waals surface area contributed by atoms with Crippen LogP contribution in [0.5, 0.6) is 0 Å². The Labute approximate surface area is 170 Å². The highest BCUT2D eigenvalue weighted by atomic mass is 16.2. The topological polar surface area (TPSA) is 115 Å². The SMILES string of the molecule is C[C@@H]1NC(=O)CCCNCCCNC(=O)[C@@H](Cc2c[nH]c3ccccc23)NC1=O. The third kappa shape index (κ3) is 5.80. The van der Waals surface area contributed by atoms with Gasteiger partial charge >= 0.3 is 0 Å². The van der Waals surface area contributed by atoms with Crippen LogP contribution in [0.15, 0.2) is 30.5 Å². The summed E-state index contributed by atoms with van der Waals surface area (Å²) < 4.78 is 0. The Morgan fingerprint density at radius 3 is 2.62 bits per heavy atom. The first kappa shape index (κ1) is 20.9. The van der Waals surface area contributed by atoms with Crippen LogP contribution >= 0.6 is 0 Å². The zero-order valence-electron chi connectivity index (χ0n) is 16.7. The summed E-state index contributed by atoms with van der Waals surface area (Å²) in [5.41, 5.74) is 1.94. The molecule has 1 aromatic carbocycles. The third-order valence-electron chi connectivity index (χ3n) is 5.09. The first-order valence-corrected chi connectivity index (χ1v) is 10.2. The molecule has 3 amide bonds. The number of rotatable bonds is 2. The maximum Gasteiger partial charge on any atom is 0.242 e. The molecule has 0 saturated carbocycles. The van der Waals surface area contributed by atoms with E-state index in [4.69, 9.17) is 0 Å². The highest BCUT2D eigenvalue weighted by Crippen LogP contribution is 2.19. The number of amides is 3. The van der Waals surface area contributed by atoms with E-state index in [-0.39, 0.29) is 17.7 Å². The Hall–Kier alpha value is -2.87. The van der Waals surface area contributed by atoms with Crippen LogP contribution in [0.1, 0.15) is 31.7 Å². The molecular formula is C21H29N5O3. The number of para-hydroxylation sites is 1. The summed E-state index contributed by atoms with van der Waals surface area (Å²) in [6.45, 7) is 3.64. The number of benzene rings is 1. The molecule has 5 N–H and O–H groups in total. The molecule has 8 nitrogen and oxygen atoms in total. The van der Waals surface area contributed by atoms with Crippen LogP contribution in [0.3, 0.4) is 0 Å². The fourth-order valence-corrected chi connectivity index (χ4v) is 3.45. The van der Waals surface area contributed by atoms with E-state index in [1.807, 2.05) is 30.5 Å². The fourth-order valence-electron chi connectivity index (χ4n) is 3.45. The number of carbonyl (C=O) groups is 3. The largest absolute Gasteiger partial charge is 0.361 e. The number of fused-ring (bicyclic) bond motifs is 1. The summed E-state index contributed by atoms with van der Waals surface area (Å²) >= 11 is 0. The molecular weight excluding hydrogens is 370 g/mol. The van der Waals surface area contributed by atoms with Gasteiger partial charge < -0.3 is 26.3 Å². The normalized spacial score (nSPS) is 22.9. The fraction of sp³-hybridized carbons (Fsp3) is 0.476. The van der Waals surface area contributed by atoms with Crippen LogP contribution in [0.2, 0.25) is 0 Å². The average molecular weight is 399 g/mol. The van der Waals surface area contributed by atoms with Gasteiger partial charge in [0.1, 0.15) is 12.1 Å². The van der Waals surface area contributed by atoms with Gasteiger partial charge in [-0.05, 0) is 44.5 Å². The van der Waals surface area contributed by atoms with Crippen molar-refractivity contribution in [3.8, 4) is 0 Å². The molecule has 1 aliphatic rings. The lowest BCUT2D eigenvalue weighted by Gasteiger charge is -2.21. The molecule has 1 aliphatic heterocycles. The number of nitrogens with one attached hydrogen (secondary N) is 5. The molecule has 0 bridgehead atoms. The van der Waals surface area contributed by atoms with Gasteiger partial charge in [0.2, 0.25) is 17.7 Å². The predicted molar refractivity (Wildman–Crippen MR) is 111 cm³/mol. The van der Waals surface area contributed by atoms with Crippen LogP contribution < -0.4 is 21.3 Å². The monoisotopic (exact) mass is 399 g/mol. The number of hydrogen-bond donors (Lipinski definition) is 5. The van der Waals surface area contributed by atoms with Crippen molar-refractivity contribution in [1.29, 1.82) is 0 Å². The van der Waals surface area contributed by atoms with Gasteiger partial charge in [-0.25, -0.2) is 0 Å². The quantitative estimate of drug-likeness (QED) is 0.508. The average Bonchev–Trinajstić information content (AvgIpc) is 3.11. The van der Waals surface area contributed by atoms with Gasteiger partial charge in [0, 0.05) is 36.5 Å². The van der Waals surface area contributed by atoms with Gasteiger partial charge in [-0.3, -0.25) is 14.4 Å². The molecule has 1 saturated heterocycles. The van der Waals surface area contributed by atoms with E-state index < -0.39 is 12.1 Å². The molecule has 29 heavy (non-hydrogen) atoms. The summed E-state index contributed by atoms with van der Waals surface area (Å²) in [6, 6.07) is 6.41. The van der Waals surface area contributed by atoms with Crippen LogP contribution in [0, 0.1) is 0 Å². The lowest BCUT2D eigenvalue weighted by molar-refractivity contribution is -0.131. The van der Waals surface area contributed by atoms with Gasteiger partial charge in [-0.1, -0.05) is 18.2 Å². The molecule has 2 atom stereocenters. The van der Waals surface area contributed by atoms with Gasteiger partial charge in [0.05, 0.1) is 0 Å². The van der Waals surface area contributed by atoms with Crippen molar-refractivity contribution in [2.75, 3.05) is 19.6 Å². The van der Waals surface area contributed by atoms with E-state index in [9.17, 15) is 14.4 Å². The number of hydrogen-bond acceptors (Lipinski definition) is 4. The van der Waals surface area contributed by atoms with Gasteiger partial charge in [-0.15, -0.1) is 0 Å². The summed E-state index contributed by atoms with van der Waals surface area (Å²) in [5.74, 6) is -0.759. The Balaban J connectivity index is 1.76. The summed E-state index contributed by atoms with van der Waals surface area (Å²) in [6.07, 6.45) is 4.08. The van der Waals surface area contributed by atoms with Crippen LogP contribution in [0.25, 0.3) is 10.9 Å². The predicted octanol–water partition coefficient (Wildman–Crippen LogP) is 0.590. The van der Waals surface area contributed by atoms with E-state index in [2.05, 4.69) is 26.3 Å². The second kappa shape index (κ2) is 10.1. The second-order valence-corrected chi connectivity index (χ2v) is 7.41. The van der Waals surface area contributed by atoms with Crippen molar-refractivity contribution in [2.45, 2.75) is 44.7 Å². The molecule has 1 fully saturated rings. The minimum Gasteiger partial charge on any atom is -0.361 e. The van der Waals surface area contributed by atoms with E-state index >= 15 is 0 Å². The molecule has 0 unspecified atom stereocenters. The lowest BCUT2D eigenvalue weighted by atomic mass is 10.0. The second-order valence-electron chi connectivity index (χ2n) is 7.41. The summed E-state index contributed by atoms with van der Waals surface area (Å²) in [5, 5.41) is 12.7. The van der Waals surface area contributed by atoms with Gasteiger partial charge in [0.15, 0.2) is 0 Å². The molecule has 2 heterocycles.